The van der Waals surface area contributed by atoms with Gasteiger partial charge in [0.25, 0.3) is 0 Å². The SMILES string of the molecule is CC(C)(C)OC(=O)N1CCCN(CCCN=[N+]=[N-])CC1. The molecule has 0 aromatic rings. The van der Waals surface area contributed by atoms with E-state index in [0.29, 0.717) is 13.1 Å². The summed E-state index contributed by atoms with van der Waals surface area (Å²) in [5.41, 5.74) is 7.78. The van der Waals surface area contributed by atoms with Gasteiger partial charge in [0.2, 0.25) is 0 Å². The zero-order valence-corrected chi connectivity index (χ0v) is 12.7. The Hall–Kier alpha value is -1.46. The third-order valence-electron chi connectivity index (χ3n) is 3.04. The van der Waals surface area contributed by atoms with Gasteiger partial charge in [0.15, 0.2) is 0 Å². The van der Waals surface area contributed by atoms with Crippen LogP contribution < -0.4 is 0 Å². The molecule has 7 nitrogen and oxygen atoms in total. The van der Waals surface area contributed by atoms with E-state index in [-0.39, 0.29) is 6.09 Å². The van der Waals surface area contributed by atoms with Gasteiger partial charge >= 0.3 is 6.09 Å². The van der Waals surface area contributed by atoms with Crippen molar-refractivity contribution in [2.75, 3.05) is 39.3 Å². The Morgan fingerprint density at radius 1 is 1.30 bits per heavy atom. The van der Waals surface area contributed by atoms with E-state index in [9.17, 15) is 4.79 Å². The number of hydrogen-bond donors (Lipinski definition) is 0. The summed E-state index contributed by atoms with van der Waals surface area (Å²) in [6, 6.07) is 0. The molecule has 1 aliphatic rings. The second kappa shape index (κ2) is 7.97. The van der Waals surface area contributed by atoms with Crippen LogP contribution in [0.3, 0.4) is 0 Å². The van der Waals surface area contributed by atoms with Crippen LogP contribution in [0.4, 0.5) is 4.79 Å². The van der Waals surface area contributed by atoms with Crippen LogP contribution in [0.2, 0.25) is 0 Å². The first kappa shape index (κ1) is 16.6. The van der Waals surface area contributed by atoms with Crippen molar-refractivity contribution in [1.82, 2.24) is 9.80 Å². The van der Waals surface area contributed by atoms with E-state index in [1.165, 1.54) is 0 Å². The van der Waals surface area contributed by atoms with Crippen molar-refractivity contribution >= 4 is 6.09 Å². The van der Waals surface area contributed by atoms with Crippen LogP contribution in [0.15, 0.2) is 5.11 Å². The number of carbonyl (C=O) groups excluding carboxylic acids is 1. The summed E-state index contributed by atoms with van der Waals surface area (Å²) >= 11 is 0. The molecule has 1 saturated heterocycles. The molecule has 0 spiro atoms. The van der Waals surface area contributed by atoms with E-state index < -0.39 is 5.60 Å². The number of nitrogens with zero attached hydrogens (tertiary/aromatic N) is 5. The van der Waals surface area contributed by atoms with Crippen molar-refractivity contribution in [3.63, 3.8) is 0 Å². The lowest BCUT2D eigenvalue weighted by atomic mass is 10.2. The predicted molar refractivity (Wildman–Crippen MR) is 77.5 cm³/mol. The molecule has 0 aromatic carbocycles. The zero-order valence-electron chi connectivity index (χ0n) is 12.7. The van der Waals surface area contributed by atoms with Gasteiger partial charge in [0, 0.05) is 31.1 Å². The molecular weight excluding hydrogens is 258 g/mol. The van der Waals surface area contributed by atoms with Gasteiger partial charge in [-0.1, -0.05) is 5.11 Å². The molecule has 20 heavy (non-hydrogen) atoms. The normalized spacial score (nSPS) is 17.2. The Morgan fingerprint density at radius 2 is 2.05 bits per heavy atom. The largest absolute Gasteiger partial charge is 0.444 e. The van der Waals surface area contributed by atoms with E-state index in [0.717, 1.165) is 39.0 Å². The number of amides is 1. The highest BCUT2D eigenvalue weighted by Crippen LogP contribution is 2.12. The van der Waals surface area contributed by atoms with Crippen LogP contribution in [0.5, 0.6) is 0 Å². The fourth-order valence-electron chi connectivity index (χ4n) is 2.11. The molecule has 1 rings (SSSR count). The quantitative estimate of drug-likeness (QED) is 0.344. The van der Waals surface area contributed by atoms with Crippen molar-refractivity contribution < 1.29 is 9.53 Å². The van der Waals surface area contributed by atoms with Crippen LogP contribution >= 0.6 is 0 Å². The van der Waals surface area contributed by atoms with Crippen molar-refractivity contribution in [2.24, 2.45) is 5.11 Å². The Balaban J connectivity index is 2.35. The van der Waals surface area contributed by atoms with Crippen molar-refractivity contribution in [3.05, 3.63) is 10.4 Å². The van der Waals surface area contributed by atoms with E-state index >= 15 is 0 Å². The minimum absolute atomic E-state index is 0.228. The highest BCUT2D eigenvalue weighted by atomic mass is 16.6. The number of rotatable bonds is 4. The first-order valence-electron chi connectivity index (χ1n) is 7.13. The molecule has 0 unspecified atom stereocenters. The topological polar surface area (TPSA) is 81.5 Å². The second-order valence-corrected chi connectivity index (χ2v) is 5.97. The van der Waals surface area contributed by atoms with Gasteiger partial charge in [-0.3, -0.25) is 0 Å². The third kappa shape index (κ3) is 6.63. The van der Waals surface area contributed by atoms with Crippen LogP contribution in [-0.2, 0) is 4.74 Å². The van der Waals surface area contributed by atoms with E-state index in [4.69, 9.17) is 10.3 Å². The molecule has 1 heterocycles. The highest BCUT2D eigenvalue weighted by Gasteiger charge is 2.24. The van der Waals surface area contributed by atoms with Crippen molar-refractivity contribution in [3.8, 4) is 0 Å². The summed E-state index contributed by atoms with van der Waals surface area (Å²) in [5.74, 6) is 0. The summed E-state index contributed by atoms with van der Waals surface area (Å²) < 4.78 is 5.39. The number of hydrogen-bond acceptors (Lipinski definition) is 4. The Kier molecular flexibility index (Phi) is 6.61. The predicted octanol–water partition coefficient (Wildman–Crippen LogP) is 2.63. The molecule has 1 aliphatic heterocycles. The molecular formula is C13H25N5O2. The molecule has 1 fully saturated rings. The lowest BCUT2D eigenvalue weighted by molar-refractivity contribution is 0.0257. The van der Waals surface area contributed by atoms with E-state index in [2.05, 4.69) is 14.9 Å². The standard InChI is InChI=1S/C13H25N5O2/c1-13(2,3)20-12(19)18-9-5-8-17(10-11-18)7-4-6-15-16-14/h4-11H2,1-3H3. The molecule has 0 atom stereocenters. The maximum atomic E-state index is 12.0. The maximum absolute atomic E-state index is 12.0. The fourth-order valence-corrected chi connectivity index (χ4v) is 2.11. The monoisotopic (exact) mass is 283 g/mol. The molecule has 7 heteroatoms. The summed E-state index contributed by atoms with van der Waals surface area (Å²) in [4.78, 5) is 18.8. The van der Waals surface area contributed by atoms with Gasteiger partial charge < -0.3 is 14.5 Å². The number of ether oxygens (including phenoxy) is 1. The summed E-state index contributed by atoms with van der Waals surface area (Å²) in [6.45, 7) is 10.3. The van der Waals surface area contributed by atoms with Gasteiger partial charge in [-0.05, 0) is 52.2 Å². The Morgan fingerprint density at radius 3 is 2.70 bits per heavy atom. The average molecular weight is 283 g/mol. The number of azide groups is 1. The molecule has 0 aromatic heterocycles. The van der Waals surface area contributed by atoms with Gasteiger partial charge in [-0.15, -0.1) is 0 Å². The second-order valence-electron chi connectivity index (χ2n) is 5.97. The first-order chi connectivity index (χ1) is 9.42. The van der Waals surface area contributed by atoms with Gasteiger partial charge in [-0.2, -0.15) is 0 Å². The van der Waals surface area contributed by atoms with Crippen LogP contribution in [0, 0.1) is 0 Å². The average Bonchev–Trinajstić information content (AvgIpc) is 2.58. The van der Waals surface area contributed by atoms with Gasteiger partial charge in [-0.25, -0.2) is 4.79 Å². The molecule has 0 aliphatic carbocycles. The maximum Gasteiger partial charge on any atom is 0.410 e. The summed E-state index contributed by atoms with van der Waals surface area (Å²) in [6.07, 6.45) is 1.57. The van der Waals surface area contributed by atoms with Crippen molar-refractivity contribution in [1.29, 1.82) is 0 Å². The van der Waals surface area contributed by atoms with Crippen LogP contribution in [0.25, 0.3) is 10.4 Å². The Bertz CT molecular complexity index is 360. The van der Waals surface area contributed by atoms with Gasteiger partial charge in [0.05, 0.1) is 0 Å². The molecule has 0 bridgehead atoms. The molecule has 1 amide bonds. The molecule has 0 saturated carbocycles. The number of carbonyl (C=O) groups is 1. The summed E-state index contributed by atoms with van der Waals surface area (Å²) in [5, 5.41) is 3.53. The highest BCUT2D eigenvalue weighted by molar-refractivity contribution is 5.68. The van der Waals surface area contributed by atoms with E-state index in [1.54, 1.807) is 4.90 Å². The van der Waals surface area contributed by atoms with Crippen LogP contribution in [0.1, 0.15) is 33.6 Å². The lowest BCUT2D eigenvalue weighted by Gasteiger charge is -2.26. The zero-order chi connectivity index (χ0) is 15.0. The van der Waals surface area contributed by atoms with Crippen molar-refractivity contribution in [2.45, 2.75) is 39.2 Å². The van der Waals surface area contributed by atoms with Gasteiger partial charge in [0.1, 0.15) is 5.60 Å². The third-order valence-corrected chi connectivity index (χ3v) is 3.04. The fraction of sp³-hybridized carbons (Fsp3) is 0.923. The molecule has 0 radical (unpaired) electrons. The Labute approximate surface area is 120 Å². The molecule has 0 N–H and O–H groups in total. The molecule has 114 valence electrons. The summed E-state index contributed by atoms with van der Waals surface area (Å²) in [7, 11) is 0. The minimum Gasteiger partial charge on any atom is -0.444 e. The van der Waals surface area contributed by atoms with Crippen LogP contribution in [-0.4, -0.2) is 60.8 Å². The van der Waals surface area contributed by atoms with E-state index in [1.807, 2.05) is 20.8 Å². The lowest BCUT2D eigenvalue weighted by Crippen LogP contribution is -2.39. The smallest absolute Gasteiger partial charge is 0.410 e. The minimum atomic E-state index is -0.446. The first-order valence-corrected chi connectivity index (χ1v) is 7.13.